The van der Waals surface area contributed by atoms with Crippen molar-refractivity contribution in [2.75, 3.05) is 31.3 Å². The van der Waals surface area contributed by atoms with Crippen LogP contribution in [0.1, 0.15) is 40.3 Å². The van der Waals surface area contributed by atoms with Gasteiger partial charge in [0.2, 0.25) is 11.8 Å². The van der Waals surface area contributed by atoms with Gasteiger partial charge in [0.05, 0.1) is 12.4 Å². The zero-order chi connectivity index (χ0) is 31.8. The fourth-order valence-electron chi connectivity index (χ4n) is 5.10. The minimum absolute atomic E-state index is 0.00696. The number of nitrogen functional groups attached to an aromatic ring is 1. The van der Waals surface area contributed by atoms with Crippen molar-refractivity contribution >= 4 is 58.1 Å². The molecule has 0 bridgehead atoms. The lowest BCUT2D eigenvalue weighted by atomic mass is 10.1. The van der Waals surface area contributed by atoms with Gasteiger partial charge in [-0.1, -0.05) is 43.3 Å². The topological polar surface area (TPSA) is 139 Å². The average molecular weight is 646 g/mol. The molecule has 0 aliphatic carbocycles. The van der Waals surface area contributed by atoms with Crippen LogP contribution in [-0.4, -0.2) is 64.2 Å². The Labute approximate surface area is 260 Å². The number of rotatable bonds is 11. The summed E-state index contributed by atoms with van der Waals surface area (Å²) in [5, 5.41) is 4.70. The first-order valence-corrected chi connectivity index (χ1v) is 16.9. The molecule has 5 atom stereocenters. The number of carbonyl (C=O) groups excluding carboxylic acids is 1. The van der Waals surface area contributed by atoms with Crippen LogP contribution >= 0.6 is 6.64 Å². The third-order valence-electron chi connectivity index (χ3n) is 7.04. The number of hydrogen-bond acceptors (Lipinski definition) is 11. The van der Waals surface area contributed by atoms with Crippen LogP contribution in [0.4, 0.5) is 16.2 Å². The maximum atomic E-state index is 16.4. The third-order valence-corrected chi connectivity index (χ3v) is 9.50. The van der Waals surface area contributed by atoms with Gasteiger partial charge in [-0.15, -0.1) is 0 Å². The quantitative estimate of drug-likeness (QED) is 0.166. The van der Waals surface area contributed by atoms with E-state index in [4.69, 9.17) is 36.1 Å². The standard InChI is InChI=1S/C29H37FN7O5PS/c1-17(2)40-27(38)19(4)35-43(44,42-22-13-9-11-20-10-7-8-12-21(20)22)39-15-29(30)14-18(3)26(41-29)37-16-32-23-24(36(5)6)33-28(31)34-25(23)37/h7-13,16-19,26H,14-15H2,1-6H3,(H,35,44)(H2,31,33,34)/t18-,19+,26+,29-,43?/m0/s1. The van der Waals surface area contributed by atoms with E-state index < -0.39 is 37.3 Å². The summed E-state index contributed by atoms with van der Waals surface area (Å²) in [5.41, 5.74) is 6.91. The molecule has 2 aromatic heterocycles. The molecule has 1 aliphatic rings. The molecule has 15 heteroatoms. The molecule has 2 aromatic carbocycles. The minimum Gasteiger partial charge on any atom is -0.462 e. The van der Waals surface area contributed by atoms with Gasteiger partial charge in [-0.2, -0.15) is 9.97 Å². The Bertz CT molecular complexity index is 1720. The van der Waals surface area contributed by atoms with Gasteiger partial charge < -0.3 is 29.2 Å². The summed E-state index contributed by atoms with van der Waals surface area (Å²) in [6.07, 6.45) is 0.435. The highest BCUT2D eigenvalue weighted by atomic mass is 32.5. The van der Waals surface area contributed by atoms with E-state index in [1.807, 2.05) is 57.4 Å². The number of nitrogens with one attached hydrogen (secondary N) is 1. The fraction of sp³-hybridized carbons (Fsp3) is 0.448. The zero-order valence-corrected chi connectivity index (χ0v) is 27.1. The van der Waals surface area contributed by atoms with E-state index in [2.05, 4.69) is 20.0 Å². The first-order chi connectivity index (χ1) is 20.8. The molecule has 5 rings (SSSR count). The minimum atomic E-state index is -3.56. The van der Waals surface area contributed by atoms with Crippen LogP contribution in [0.15, 0.2) is 48.8 Å². The Morgan fingerprint density at radius 1 is 1.25 bits per heavy atom. The summed E-state index contributed by atoms with van der Waals surface area (Å²) < 4.78 is 41.8. The Kier molecular flexibility index (Phi) is 9.11. The Balaban J connectivity index is 1.40. The second kappa shape index (κ2) is 12.5. The monoisotopic (exact) mass is 645 g/mol. The van der Waals surface area contributed by atoms with Crippen molar-refractivity contribution in [1.82, 2.24) is 24.6 Å². The predicted octanol–water partition coefficient (Wildman–Crippen LogP) is 5.10. The molecule has 0 saturated carbocycles. The van der Waals surface area contributed by atoms with Crippen molar-refractivity contribution < 1.29 is 27.7 Å². The van der Waals surface area contributed by atoms with E-state index in [0.29, 0.717) is 22.7 Å². The molecule has 4 aromatic rings. The van der Waals surface area contributed by atoms with Crippen LogP contribution in [0, 0.1) is 5.92 Å². The third kappa shape index (κ3) is 6.79. The average Bonchev–Trinajstić information content (AvgIpc) is 3.51. The molecule has 1 fully saturated rings. The fourth-order valence-corrected chi connectivity index (χ4v) is 7.52. The van der Waals surface area contributed by atoms with Crippen LogP contribution in [0.2, 0.25) is 0 Å². The smallest absolute Gasteiger partial charge is 0.323 e. The first kappa shape index (κ1) is 32.0. The molecule has 44 heavy (non-hydrogen) atoms. The molecule has 1 aliphatic heterocycles. The number of esters is 1. The molecule has 0 radical (unpaired) electrons. The number of anilines is 2. The van der Waals surface area contributed by atoms with E-state index in [1.54, 1.807) is 36.3 Å². The number of fused-ring (bicyclic) bond motifs is 2. The number of aromatic nitrogens is 4. The largest absolute Gasteiger partial charge is 0.462 e. The molecule has 3 heterocycles. The predicted molar refractivity (Wildman–Crippen MR) is 170 cm³/mol. The van der Waals surface area contributed by atoms with Crippen LogP contribution in [-0.2, 0) is 30.6 Å². The van der Waals surface area contributed by atoms with Gasteiger partial charge in [0.25, 0.3) is 0 Å². The Hall–Kier alpha value is -3.42. The molecule has 1 saturated heterocycles. The van der Waals surface area contributed by atoms with Crippen LogP contribution in [0.5, 0.6) is 5.75 Å². The van der Waals surface area contributed by atoms with Gasteiger partial charge in [0, 0.05) is 31.8 Å². The summed E-state index contributed by atoms with van der Waals surface area (Å²) in [7, 11) is 3.64. The lowest BCUT2D eigenvalue weighted by Gasteiger charge is -2.29. The number of nitrogens with two attached hydrogens (primary N) is 1. The summed E-state index contributed by atoms with van der Waals surface area (Å²) in [4.78, 5) is 27.5. The lowest BCUT2D eigenvalue weighted by Crippen LogP contribution is -2.37. The number of alkyl halides is 1. The summed E-state index contributed by atoms with van der Waals surface area (Å²) in [6.45, 7) is 2.84. The molecular weight excluding hydrogens is 608 g/mol. The lowest BCUT2D eigenvalue weighted by molar-refractivity contribution is -0.172. The van der Waals surface area contributed by atoms with Crippen molar-refractivity contribution in [3.63, 3.8) is 0 Å². The second-order valence-corrected chi connectivity index (χ2v) is 14.5. The van der Waals surface area contributed by atoms with Gasteiger partial charge >= 0.3 is 12.6 Å². The molecule has 12 nitrogen and oxygen atoms in total. The Morgan fingerprint density at radius 2 is 1.98 bits per heavy atom. The van der Waals surface area contributed by atoms with Crippen LogP contribution < -0.4 is 20.2 Å². The summed E-state index contributed by atoms with van der Waals surface area (Å²) in [5.74, 6) is -2.04. The normalized spacial score (nSPS) is 22.3. The van der Waals surface area contributed by atoms with Crippen molar-refractivity contribution in [2.24, 2.45) is 5.92 Å². The van der Waals surface area contributed by atoms with Crippen molar-refractivity contribution in [3.05, 3.63) is 48.8 Å². The number of carbonyl (C=O) groups is 1. The van der Waals surface area contributed by atoms with Crippen LogP contribution in [0.3, 0.4) is 0 Å². The maximum absolute atomic E-state index is 16.4. The van der Waals surface area contributed by atoms with Crippen molar-refractivity contribution in [3.8, 4) is 5.75 Å². The van der Waals surface area contributed by atoms with E-state index in [-0.39, 0.29) is 24.4 Å². The van der Waals surface area contributed by atoms with Crippen molar-refractivity contribution in [2.45, 2.75) is 58.3 Å². The van der Waals surface area contributed by atoms with Crippen molar-refractivity contribution in [1.29, 1.82) is 0 Å². The second-order valence-electron chi connectivity index (χ2n) is 11.4. The van der Waals surface area contributed by atoms with Gasteiger partial charge in [0.15, 0.2) is 17.0 Å². The van der Waals surface area contributed by atoms with Gasteiger partial charge in [0.1, 0.15) is 24.6 Å². The van der Waals surface area contributed by atoms with Gasteiger partial charge in [-0.05, 0) is 44.0 Å². The molecular formula is C29H37FN7O5PS. The maximum Gasteiger partial charge on any atom is 0.323 e. The van der Waals surface area contributed by atoms with E-state index in [9.17, 15) is 4.79 Å². The highest BCUT2D eigenvalue weighted by Crippen LogP contribution is 2.50. The highest BCUT2D eigenvalue weighted by molar-refractivity contribution is 8.09. The van der Waals surface area contributed by atoms with E-state index in [0.717, 1.165) is 10.8 Å². The SMILES string of the molecule is CC(C)OC(=O)[C@@H](C)NP(=S)(OC[C@]1(F)C[C@H](C)[C@H](n2cnc3c(N(C)C)nc(N)nc32)O1)Oc1cccc2ccccc12. The number of nitrogens with zero attached hydrogens (tertiary/aromatic N) is 5. The van der Waals surface area contributed by atoms with Gasteiger partial charge in [-0.3, -0.25) is 9.36 Å². The highest BCUT2D eigenvalue weighted by Gasteiger charge is 2.48. The van der Waals surface area contributed by atoms with E-state index >= 15 is 4.39 Å². The summed E-state index contributed by atoms with van der Waals surface area (Å²) >= 11 is 5.87. The van der Waals surface area contributed by atoms with Crippen LogP contribution in [0.25, 0.3) is 21.9 Å². The molecule has 0 amide bonds. The Morgan fingerprint density at radius 3 is 2.70 bits per heavy atom. The van der Waals surface area contributed by atoms with Gasteiger partial charge in [-0.25, -0.2) is 14.5 Å². The molecule has 1 unspecified atom stereocenters. The first-order valence-electron chi connectivity index (χ1n) is 14.2. The number of hydrogen-bond donors (Lipinski definition) is 2. The number of halogens is 1. The number of imidazole rings is 1. The number of ether oxygens (including phenoxy) is 2. The zero-order valence-electron chi connectivity index (χ0n) is 25.4. The van der Waals surface area contributed by atoms with E-state index in [1.165, 1.54) is 6.33 Å². The molecule has 0 spiro atoms. The summed E-state index contributed by atoms with van der Waals surface area (Å²) in [6, 6.07) is 12.2. The molecule has 236 valence electrons. The number of benzene rings is 2. The molecule has 3 N–H and O–H groups in total.